The van der Waals surface area contributed by atoms with Crippen LogP contribution in [0.3, 0.4) is 0 Å². The Labute approximate surface area is 97.7 Å². The van der Waals surface area contributed by atoms with Crippen molar-refractivity contribution in [3.63, 3.8) is 0 Å². The zero-order valence-corrected chi connectivity index (χ0v) is 10.3. The van der Waals surface area contributed by atoms with E-state index in [2.05, 4.69) is 18.2 Å². The third-order valence-corrected chi connectivity index (χ3v) is 4.30. The van der Waals surface area contributed by atoms with Gasteiger partial charge in [-0.05, 0) is 30.5 Å². The summed E-state index contributed by atoms with van der Waals surface area (Å²) in [5, 5.41) is 0. The maximum atomic E-state index is 11.7. The highest BCUT2D eigenvalue weighted by atomic mass is 35.5. The number of nitrogens with zero attached hydrogens (tertiary/aromatic N) is 1. The third-order valence-electron chi connectivity index (χ3n) is 2.59. The lowest BCUT2D eigenvalue weighted by molar-refractivity contribution is 0.685. The Morgan fingerprint density at radius 2 is 2.33 bits per heavy atom. The number of rotatable bonds is 3. The van der Waals surface area contributed by atoms with Gasteiger partial charge in [0.15, 0.2) is 0 Å². The Kier molecular flexibility index (Phi) is 3.32. The molecule has 2 nitrogen and oxygen atoms in total. The summed E-state index contributed by atoms with van der Waals surface area (Å²) in [5.74, 6) is 1.30. The molecule has 0 fully saturated rings. The second kappa shape index (κ2) is 4.54. The predicted molar refractivity (Wildman–Crippen MR) is 65.2 cm³/mol. The van der Waals surface area contributed by atoms with Gasteiger partial charge in [0, 0.05) is 12.9 Å². The van der Waals surface area contributed by atoms with Crippen molar-refractivity contribution >= 4 is 28.1 Å². The minimum atomic E-state index is -0.851. The fraction of sp³-hybridized carbons (Fsp3) is 0.455. The number of fused-ring (bicyclic) bond motifs is 1. The van der Waals surface area contributed by atoms with Gasteiger partial charge in [0.2, 0.25) is 0 Å². The van der Waals surface area contributed by atoms with Gasteiger partial charge in [0.05, 0.1) is 27.3 Å². The molecular weight excluding hydrogens is 230 g/mol. The summed E-state index contributed by atoms with van der Waals surface area (Å²) >= 11 is 5.65. The van der Waals surface area contributed by atoms with Crippen LogP contribution in [0.4, 0.5) is 5.69 Å². The van der Waals surface area contributed by atoms with E-state index >= 15 is 0 Å². The number of aryl methyl sites for hydroxylation is 1. The highest BCUT2D eigenvalue weighted by Crippen LogP contribution is 2.31. The molecule has 1 atom stereocenters. The van der Waals surface area contributed by atoms with Crippen molar-refractivity contribution in [2.45, 2.75) is 17.7 Å². The molecule has 0 bridgehead atoms. The van der Waals surface area contributed by atoms with Gasteiger partial charge in [0.1, 0.15) is 0 Å². The fourth-order valence-corrected chi connectivity index (χ4v) is 3.30. The lowest BCUT2D eigenvalue weighted by atomic mass is 10.1. The summed E-state index contributed by atoms with van der Waals surface area (Å²) < 4.78 is 11.7. The fourth-order valence-electron chi connectivity index (χ4n) is 1.80. The Morgan fingerprint density at radius 1 is 1.53 bits per heavy atom. The molecular formula is C11H14ClNOS. The predicted octanol–water partition coefficient (Wildman–Crippen LogP) is 2.37. The molecule has 1 aromatic rings. The van der Waals surface area contributed by atoms with Crippen LogP contribution in [0.2, 0.25) is 0 Å². The summed E-state index contributed by atoms with van der Waals surface area (Å²) in [5.41, 5.74) is 2.33. The molecule has 1 aliphatic heterocycles. The lowest BCUT2D eigenvalue weighted by Crippen LogP contribution is -2.13. The van der Waals surface area contributed by atoms with Crippen molar-refractivity contribution in [2.24, 2.45) is 0 Å². The van der Waals surface area contributed by atoms with Gasteiger partial charge in [-0.15, -0.1) is 11.6 Å². The van der Waals surface area contributed by atoms with E-state index in [1.807, 2.05) is 11.9 Å². The molecule has 1 aliphatic rings. The van der Waals surface area contributed by atoms with Gasteiger partial charge in [0.25, 0.3) is 0 Å². The molecule has 1 unspecified atom stereocenters. The van der Waals surface area contributed by atoms with Crippen molar-refractivity contribution in [1.29, 1.82) is 0 Å². The monoisotopic (exact) mass is 243 g/mol. The number of hydrogen-bond acceptors (Lipinski definition) is 2. The second-order valence-corrected chi connectivity index (χ2v) is 5.53. The van der Waals surface area contributed by atoms with Crippen molar-refractivity contribution in [1.82, 2.24) is 0 Å². The maximum Gasteiger partial charge on any atom is 0.0982 e. The van der Waals surface area contributed by atoms with Gasteiger partial charge >= 0.3 is 0 Å². The number of halogens is 1. The topological polar surface area (TPSA) is 20.3 Å². The minimum absolute atomic E-state index is 0.619. The maximum absolute atomic E-state index is 11.7. The number of benzene rings is 1. The van der Waals surface area contributed by atoms with Crippen LogP contribution in [0.5, 0.6) is 0 Å². The minimum Gasteiger partial charge on any atom is -0.361 e. The summed E-state index contributed by atoms with van der Waals surface area (Å²) in [7, 11) is 1.12. The molecule has 0 aromatic heterocycles. The van der Waals surface area contributed by atoms with E-state index in [1.54, 1.807) is 0 Å². The molecule has 1 heterocycles. The van der Waals surface area contributed by atoms with E-state index in [0.29, 0.717) is 11.8 Å². The highest BCUT2D eigenvalue weighted by Gasteiger charge is 2.22. The molecule has 0 radical (unpaired) electrons. The van der Waals surface area contributed by atoms with Crippen LogP contribution in [0.15, 0.2) is 23.1 Å². The Morgan fingerprint density at radius 3 is 3.07 bits per heavy atom. The van der Waals surface area contributed by atoms with Crippen LogP contribution < -0.4 is 4.90 Å². The Bertz CT molecular complexity index is 394. The zero-order valence-electron chi connectivity index (χ0n) is 8.70. The Balaban J connectivity index is 2.26. The second-order valence-electron chi connectivity index (χ2n) is 3.77. The van der Waals surface area contributed by atoms with Crippen molar-refractivity contribution in [2.75, 3.05) is 23.7 Å². The molecule has 0 saturated heterocycles. The van der Waals surface area contributed by atoms with E-state index in [4.69, 9.17) is 11.6 Å². The van der Waals surface area contributed by atoms with Crippen LogP contribution in [0, 0.1) is 0 Å². The molecule has 1 aromatic carbocycles. The first-order valence-electron chi connectivity index (χ1n) is 5.01. The molecule has 2 rings (SSSR count). The lowest BCUT2D eigenvalue weighted by Gasteiger charge is -2.10. The molecule has 0 spiro atoms. The van der Waals surface area contributed by atoms with Gasteiger partial charge in [-0.2, -0.15) is 0 Å². The van der Waals surface area contributed by atoms with Crippen LogP contribution in [0.1, 0.15) is 12.0 Å². The van der Waals surface area contributed by atoms with Gasteiger partial charge in [-0.1, -0.05) is 6.07 Å². The van der Waals surface area contributed by atoms with Crippen molar-refractivity contribution in [3.8, 4) is 0 Å². The standard InChI is InChI=1S/C11H14ClNOS/c1-13-8-15(14)11-7-9(3-2-6-12)4-5-10(11)13/h4-5,7H,2-3,6,8H2,1H3. The van der Waals surface area contributed by atoms with E-state index < -0.39 is 10.8 Å². The van der Waals surface area contributed by atoms with Crippen LogP contribution >= 0.6 is 11.6 Å². The quantitative estimate of drug-likeness (QED) is 0.760. The average Bonchev–Trinajstić information content (AvgIpc) is 2.52. The van der Waals surface area contributed by atoms with E-state index in [1.165, 1.54) is 5.56 Å². The van der Waals surface area contributed by atoms with Crippen LogP contribution in [-0.4, -0.2) is 23.0 Å². The van der Waals surface area contributed by atoms with E-state index in [9.17, 15) is 4.21 Å². The van der Waals surface area contributed by atoms with Gasteiger partial charge in [-0.25, -0.2) is 0 Å². The van der Waals surface area contributed by atoms with Gasteiger partial charge < -0.3 is 4.90 Å². The SMILES string of the molecule is CN1CS(=O)c2cc(CCCCl)ccc21. The summed E-state index contributed by atoms with van der Waals surface area (Å²) in [6.45, 7) is 0. The molecule has 82 valence electrons. The largest absolute Gasteiger partial charge is 0.361 e. The summed E-state index contributed by atoms with van der Waals surface area (Å²) in [6, 6.07) is 6.22. The Hall–Kier alpha value is -0.540. The summed E-state index contributed by atoms with van der Waals surface area (Å²) in [6.07, 6.45) is 1.94. The molecule has 0 amide bonds. The zero-order chi connectivity index (χ0) is 10.8. The molecule has 15 heavy (non-hydrogen) atoms. The first kappa shape index (κ1) is 11.0. The first-order valence-corrected chi connectivity index (χ1v) is 6.86. The average molecular weight is 244 g/mol. The molecule has 0 saturated carbocycles. The normalized spacial score (nSPS) is 19.3. The van der Waals surface area contributed by atoms with Crippen molar-refractivity contribution < 1.29 is 4.21 Å². The van der Waals surface area contributed by atoms with Crippen LogP contribution in [-0.2, 0) is 17.2 Å². The number of anilines is 1. The number of alkyl halides is 1. The molecule has 4 heteroatoms. The highest BCUT2D eigenvalue weighted by molar-refractivity contribution is 7.85. The van der Waals surface area contributed by atoms with Gasteiger partial charge in [-0.3, -0.25) is 4.21 Å². The summed E-state index contributed by atoms with van der Waals surface area (Å²) in [4.78, 5) is 3.01. The van der Waals surface area contributed by atoms with E-state index in [0.717, 1.165) is 23.4 Å². The van der Waals surface area contributed by atoms with Crippen LogP contribution in [0.25, 0.3) is 0 Å². The number of hydrogen-bond donors (Lipinski definition) is 0. The molecule has 0 aliphatic carbocycles. The van der Waals surface area contributed by atoms with Crippen molar-refractivity contribution in [3.05, 3.63) is 23.8 Å². The van der Waals surface area contributed by atoms with E-state index in [-0.39, 0.29) is 0 Å². The molecule has 0 N–H and O–H groups in total. The first-order chi connectivity index (χ1) is 7.22. The third kappa shape index (κ3) is 2.18. The smallest absolute Gasteiger partial charge is 0.0982 e.